The van der Waals surface area contributed by atoms with Gasteiger partial charge in [-0.3, -0.25) is 4.68 Å². The molecule has 0 aliphatic rings. The molecule has 0 aliphatic heterocycles. The van der Waals surface area contributed by atoms with E-state index in [-0.39, 0.29) is 6.61 Å². The number of aliphatic hydroxyl groups excluding tert-OH is 1. The van der Waals surface area contributed by atoms with Crippen LogP contribution in [-0.4, -0.2) is 45.9 Å². The number of hydrogen-bond acceptors (Lipinski definition) is 5. The number of ether oxygens (including phenoxy) is 1. The smallest absolute Gasteiger partial charge is 0.119 e. The molecule has 1 aromatic heterocycles. The van der Waals surface area contributed by atoms with E-state index in [1.807, 2.05) is 31.2 Å². The molecule has 0 saturated carbocycles. The number of nitrogens with one attached hydrogen (secondary N) is 1. The second-order valence-corrected chi connectivity index (χ2v) is 4.65. The van der Waals surface area contributed by atoms with Gasteiger partial charge in [-0.1, -0.05) is 17.3 Å². The van der Waals surface area contributed by atoms with Crippen LogP contribution in [0, 0.1) is 6.92 Å². The van der Waals surface area contributed by atoms with Crippen LogP contribution in [0.4, 0.5) is 0 Å². The van der Waals surface area contributed by atoms with Crippen LogP contribution >= 0.6 is 0 Å². The van der Waals surface area contributed by atoms with E-state index in [2.05, 4.69) is 15.6 Å². The molecule has 2 N–H and O–H groups in total. The molecule has 0 spiro atoms. The van der Waals surface area contributed by atoms with Crippen molar-refractivity contribution >= 4 is 0 Å². The molecule has 6 heteroatoms. The highest BCUT2D eigenvalue weighted by Gasteiger charge is 2.05. The molecular formula is C14H20N4O2. The van der Waals surface area contributed by atoms with E-state index in [1.165, 1.54) is 0 Å². The summed E-state index contributed by atoms with van der Waals surface area (Å²) in [6.07, 6.45) is 2.91. The summed E-state index contributed by atoms with van der Waals surface area (Å²) in [5.74, 6) is 0.784. The minimum absolute atomic E-state index is 0.278. The zero-order valence-electron chi connectivity index (χ0n) is 11.6. The number of aromatic nitrogens is 3. The normalized spacial score (nSPS) is 12.3. The highest BCUT2D eigenvalue weighted by atomic mass is 16.5. The number of aliphatic hydroxyl groups is 1. The molecule has 2 aromatic rings. The molecule has 0 amide bonds. The van der Waals surface area contributed by atoms with Gasteiger partial charge < -0.3 is 15.2 Å². The predicted molar refractivity (Wildman–Crippen MR) is 75.6 cm³/mol. The highest BCUT2D eigenvalue weighted by molar-refractivity contribution is 5.27. The topological polar surface area (TPSA) is 72.2 Å². The Morgan fingerprint density at radius 2 is 2.35 bits per heavy atom. The van der Waals surface area contributed by atoms with Crippen molar-refractivity contribution in [1.82, 2.24) is 20.3 Å². The van der Waals surface area contributed by atoms with Crippen LogP contribution in [-0.2, 0) is 6.54 Å². The van der Waals surface area contributed by atoms with Gasteiger partial charge in [0, 0.05) is 19.3 Å². The van der Waals surface area contributed by atoms with E-state index >= 15 is 0 Å². The van der Waals surface area contributed by atoms with Gasteiger partial charge in [-0.05, 0) is 24.6 Å². The summed E-state index contributed by atoms with van der Waals surface area (Å²) in [7, 11) is 0. The number of hydrogen-bond donors (Lipinski definition) is 2. The Bertz CT molecular complexity index is 502. The van der Waals surface area contributed by atoms with Crippen molar-refractivity contribution in [3.05, 3.63) is 42.2 Å². The van der Waals surface area contributed by atoms with Gasteiger partial charge in [0.05, 0.1) is 12.7 Å². The van der Waals surface area contributed by atoms with Crippen LogP contribution in [0.25, 0.3) is 0 Å². The van der Waals surface area contributed by atoms with E-state index in [4.69, 9.17) is 4.74 Å². The average molecular weight is 276 g/mol. The first kappa shape index (κ1) is 14.5. The van der Waals surface area contributed by atoms with Gasteiger partial charge in [0.25, 0.3) is 0 Å². The van der Waals surface area contributed by atoms with Gasteiger partial charge in [0.15, 0.2) is 0 Å². The summed E-state index contributed by atoms with van der Waals surface area (Å²) in [5.41, 5.74) is 1.14. The average Bonchev–Trinajstić information content (AvgIpc) is 2.95. The summed E-state index contributed by atoms with van der Waals surface area (Å²) < 4.78 is 7.27. The number of benzene rings is 1. The third-order valence-electron chi connectivity index (χ3n) is 2.80. The molecule has 1 unspecified atom stereocenters. The second-order valence-electron chi connectivity index (χ2n) is 4.65. The van der Waals surface area contributed by atoms with Gasteiger partial charge in [0.2, 0.25) is 0 Å². The molecule has 0 saturated heterocycles. The Morgan fingerprint density at radius 1 is 1.45 bits per heavy atom. The molecule has 1 heterocycles. The lowest BCUT2D eigenvalue weighted by molar-refractivity contribution is 0.106. The summed E-state index contributed by atoms with van der Waals surface area (Å²) in [6.45, 7) is 4.23. The van der Waals surface area contributed by atoms with Crippen molar-refractivity contribution in [1.29, 1.82) is 0 Å². The van der Waals surface area contributed by atoms with Crippen LogP contribution in [0.2, 0.25) is 0 Å². The Labute approximate surface area is 118 Å². The minimum Gasteiger partial charge on any atom is -0.491 e. The van der Waals surface area contributed by atoms with Crippen LogP contribution in [0.1, 0.15) is 5.56 Å². The maximum Gasteiger partial charge on any atom is 0.119 e. The lowest BCUT2D eigenvalue weighted by atomic mass is 10.2. The monoisotopic (exact) mass is 276 g/mol. The van der Waals surface area contributed by atoms with Crippen molar-refractivity contribution in [3.63, 3.8) is 0 Å². The van der Waals surface area contributed by atoms with Gasteiger partial charge in [-0.15, -0.1) is 5.10 Å². The molecule has 0 bridgehead atoms. The van der Waals surface area contributed by atoms with Crippen LogP contribution < -0.4 is 10.1 Å². The number of aryl methyl sites for hydroxylation is 1. The van der Waals surface area contributed by atoms with Crippen LogP contribution in [0.15, 0.2) is 36.7 Å². The SMILES string of the molecule is Cc1cccc(OCC(O)CNCCn2ccnn2)c1. The first-order valence-electron chi connectivity index (χ1n) is 6.66. The molecular weight excluding hydrogens is 256 g/mol. The summed E-state index contributed by atoms with van der Waals surface area (Å²) >= 11 is 0. The summed E-state index contributed by atoms with van der Waals surface area (Å²) in [4.78, 5) is 0. The predicted octanol–water partition coefficient (Wildman–Crippen LogP) is 0.616. The van der Waals surface area contributed by atoms with E-state index in [1.54, 1.807) is 17.1 Å². The third kappa shape index (κ3) is 4.99. The lowest BCUT2D eigenvalue weighted by Crippen LogP contribution is -2.33. The van der Waals surface area contributed by atoms with Crippen LogP contribution in [0.5, 0.6) is 5.75 Å². The molecule has 1 atom stereocenters. The van der Waals surface area contributed by atoms with Crippen molar-refractivity contribution < 1.29 is 9.84 Å². The van der Waals surface area contributed by atoms with Crippen molar-refractivity contribution in [3.8, 4) is 5.75 Å². The Morgan fingerprint density at radius 3 is 3.10 bits per heavy atom. The van der Waals surface area contributed by atoms with Crippen molar-refractivity contribution in [2.75, 3.05) is 19.7 Å². The third-order valence-corrected chi connectivity index (χ3v) is 2.80. The maximum absolute atomic E-state index is 9.81. The molecule has 0 fully saturated rings. The van der Waals surface area contributed by atoms with E-state index in [0.29, 0.717) is 6.54 Å². The standard InChI is InChI=1S/C14H20N4O2/c1-12-3-2-4-14(9-12)20-11-13(19)10-15-5-7-18-8-6-16-17-18/h2-4,6,8-9,13,15,19H,5,7,10-11H2,1H3. The summed E-state index contributed by atoms with van der Waals surface area (Å²) in [5, 5.41) is 20.5. The lowest BCUT2D eigenvalue weighted by Gasteiger charge is -2.13. The minimum atomic E-state index is -0.536. The Kier molecular flexibility index (Phi) is 5.52. The highest BCUT2D eigenvalue weighted by Crippen LogP contribution is 2.12. The zero-order valence-corrected chi connectivity index (χ0v) is 11.6. The van der Waals surface area contributed by atoms with E-state index < -0.39 is 6.10 Å². The fourth-order valence-corrected chi connectivity index (χ4v) is 1.77. The number of nitrogens with zero attached hydrogens (tertiary/aromatic N) is 3. The molecule has 1 aromatic carbocycles. The quantitative estimate of drug-likeness (QED) is 0.691. The van der Waals surface area contributed by atoms with Gasteiger partial charge in [0.1, 0.15) is 18.5 Å². The van der Waals surface area contributed by atoms with Gasteiger partial charge >= 0.3 is 0 Å². The van der Waals surface area contributed by atoms with Crippen molar-refractivity contribution in [2.24, 2.45) is 0 Å². The zero-order chi connectivity index (χ0) is 14.2. The molecule has 0 radical (unpaired) electrons. The molecule has 108 valence electrons. The van der Waals surface area contributed by atoms with E-state index in [9.17, 15) is 5.11 Å². The largest absolute Gasteiger partial charge is 0.491 e. The molecule has 0 aliphatic carbocycles. The van der Waals surface area contributed by atoms with Crippen LogP contribution in [0.3, 0.4) is 0 Å². The fourth-order valence-electron chi connectivity index (χ4n) is 1.77. The van der Waals surface area contributed by atoms with Crippen molar-refractivity contribution in [2.45, 2.75) is 19.6 Å². The first-order chi connectivity index (χ1) is 9.74. The fraction of sp³-hybridized carbons (Fsp3) is 0.429. The molecule has 20 heavy (non-hydrogen) atoms. The Balaban J connectivity index is 1.59. The van der Waals surface area contributed by atoms with Gasteiger partial charge in [-0.25, -0.2) is 0 Å². The Hall–Kier alpha value is -1.92. The first-order valence-corrected chi connectivity index (χ1v) is 6.66. The summed E-state index contributed by atoms with van der Waals surface area (Å²) in [6, 6.07) is 7.78. The second kappa shape index (κ2) is 7.62. The molecule has 6 nitrogen and oxygen atoms in total. The molecule has 2 rings (SSSR count). The number of rotatable bonds is 8. The van der Waals surface area contributed by atoms with Gasteiger partial charge in [-0.2, -0.15) is 0 Å². The van der Waals surface area contributed by atoms with E-state index in [0.717, 1.165) is 24.4 Å². The maximum atomic E-state index is 9.81.